The lowest BCUT2D eigenvalue weighted by Gasteiger charge is -2.28. The molecule has 1 atom stereocenters. The molecule has 5 aromatic rings. The second-order valence-electron chi connectivity index (χ2n) is 7.92. The van der Waals surface area contributed by atoms with E-state index in [-0.39, 0.29) is 11.7 Å². The van der Waals surface area contributed by atoms with E-state index in [1.807, 2.05) is 48.5 Å². The maximum absolute atomic E-state index is 10.1. The highest BCUT2D eigenvalue weighted by atomic mass is 16.5. The van der Waals surface area contributed by atoms with E-state index in [0.29, 0.717) is 29.5 Å². The zero-order chi connectivity index (χ0) is 22.4. The molecule has 0 spiro atoms. The minimum absolute atomic E-state index is 0.129. The van der Waals surface area contributed by atoms with Gasteiger partial charge in [0.2, 0.25) is 5.88 Å². The summed E-state index contributed by atoms with van der Waals surface area (Å²) in [4.78, 5) is 9.43. The summed E-state index contributed by atoms with van der Waals surface area (Å²) in [7, 11) is 1.66. The number of rotatable bonds is 4. The first-order valence-corrected chi connectivity index (χ1v) is 10.6. The summed E-state index contributed by atoms with van der Waals surface area (Å²) in [5.41, 5.74) is 4.48. The highest BCUT2D eigenvalue weighted by Crippen LogP contribution is 2.50. The molecule has 1 N–H and O–H groups in total. The van der Waals surface area contributed by atoms with Gasteiger partial charge < -0.3 is 14.6 Å². The Hall–Kier alpha value is -4.39. The van der Waals surface area contributed by atoms with E-state index < -0.39 is 0 Å². The number of phenolic OH excluding ortho intramolecular Hbond substituents is 1. The first-order chi connectivity index (χ1) is 16.2. The van der Waals surface area contributed by atoms with Crippen LogP contribution in [-0.4, -0.2) is 31.8 Å². The summed E-state index contributed by atoms with van der Waals surface area (Å²) in [6.45, 7) is 0. The number of para-hydroxylation sites is 1. The predicted molar refractivity (Wildman–Crippen MR) is 122 cm³/mol. The van der Waals surface area contributed by atoms with Crippen LogP contribution in [0.4, 0.5) is 0 Å². The number of nitrogens with zero attached hydrogens (tertiary/aromatic N) is 4. The first-order valence-electron chi connectivity index (χ1n) is 10.6. The maximum Gasteiger partial charge on any atom is 0.228 e. The van der Waals surface area contributed by atoms with E-state index >= 15 is 0 Å². The monoisotopic (exact) mass is 436 g/mol. The lowest BCUT2D eigenvalue weighted by atomic mass is 9.83. The van der Waals surface area contributed by atoms with Crippen LogP contribution in [-0.2, 0) is 6.42 Å². The van der Waals surface area contributed by atoms with Crippen molar-refractivity contribution >= 4 is 5.65 Å². The summed E-state index contributed by atoms with van der Waals surface area (Å²) in [5, 5.41) is 14.7. The Kier molecular flexibility index (Phi) is 4.47. The van der Waals surface area contributed by atoms with Crippen LogP contribution < -0.4 is 9.47 Å². The SMILES string of the molecule is COc1ccccc1C1c2ccc(O)cc2Oc2ncn3nc(Cc4ccccc4)nc3c21. The van der Waals surface area contributed by atoms with Crippen LogP contribution in [0.25, 0.3) is 5.65 Å². The van der Waals surface area contributed by atoms with Gasteiger partial charge in [-0.3, -0.25) is 0 Å². The Morgan fingerprint density at radius 2 is 1.82 bits per heavy atom. The summed E-state index contributed by atoms with van der Waals surface area (Å²) in [5.74, 6) is 2.32. The lowest BCUT2D eigenvalue weighted by molar-refractivity contribution is 0.401. The molecule has 0 bridgehead atoms. The quantitative estimate of drug-likeness (QED) is 0.431. The highest BCUT2D eigenvalue weighted by Gasteiger charge is 2.35. The van der Waals surface area contributed by atoms with Crippen LogP contribution >= 0.6 is 0 Å². The third kappa shape index (κ3) is 3.25. The van der Waals surface area contributed by atoms with E-state index in [0.717, 1.165) is 28.0 Å². The molecule has 0 saturated heterocycles. The second-order valence-corrected chi connectivity index (χ2v) is 7.92. The molecule has 3 heterocycles. The van der Waals surface area contributed by atoms with Gasteiger partial charge in [0.15, 0.2) is 11.5 Å². The van der Waals surface area contributed by atoms with Crippen molar-refractivity contribution in [3.8, 4) is 23.1 Å². The number of phenols is 1. The van der Waals surface area contributed by atoms with Crippen LogP contribution in [0.15, 0.2) is 79.1 Å². The third-order valence-corrected chi connectivity index (χ3v) is 5.89. The molecule has 0 amide bonds. The first kappa shape index (κ1) is 19.3. The van der Waals surface area contributed by atoms with Crippen LogP contribution in [0.2, 0.25) is 0 Å². The van der Waals surface area contributed by atoms with E-state index in [2.05, 4.69) is 22.2 Å². The van der Waals surface area contributed by atoms with Gasteiger partial charge in [-0.15, -0.1) is 5.10 Å². The predicted octanol–water partition coefficient (Wildman–Crippen LogP) is 4.72. The van der Waals surface area contributed by atoms with Gasteiger partial charge in [0, 0.05) is 23.6 Å². The lowest BCUT2D eigenvalue weighted by Crippen LogP contribution is -2.15. The van der Waals surface area contributed by atoms with Crippen molar-refractivity contribution in [3.63, 3.8) is 0 Å². The van der Waals surface area contributed by atoms with E-state index in [4.69, 9.17) is 14.5 Å². The number of fused-ring (bicyclic) bond motifs is 4. The molecule has 162 valence electrons. The highest BCUT2D eigenvalue weighted by molar-refractivity contribution is 5.67. The summed E-state index contributed by atoms with van der Waals surface area (Å²) in [6, 6.07) is 23.1. The number of hydrogen-bond donors (Lipinski definition) is 1. The van der Waals surface area contributed by atoms with Crippen molar-refractivity contribution in [2.24, 2.45) is 0 Å². The van der Waals surface area contributed by atoms with Crippen molar-refractivity contribution in [1.82, 2.24) is 19.6 Å². The largest absolute Gasteiger partial charge is 0.508 e. The molecule has 2 aromatic heterocycles. The molecule has 0 aliphatic carbocycles. The van der Waals surface area contributed by atoms with Gasteiger partial charge in [-0.05, 0) is 17.7 Å². The van der Waals surface area contributed by atoms with Gasteiger partial charge in [0.25, 0.3) is 0 Å². The van der Waals surface area contributed by atoms with Crippen molar-refractivity contribution < 1.29 is 14.6 Å². The second kappa shape index (κ2) is 7.63. The summed E-state index contributed by atoms with van der Waals surface area (Å²) in [6.07, 6.45) is 2.23. The van der Waals surface area contributed by atoms with Crippen molar-refractivity contribution in [2.75, 3.05) is 7.11 Å². The molecular weight excluding hydrogens is 416 g/mol. The Morgan fingerprint density at radius 3 is 2.67 bits per heavy atom. The molecule has 3 aromatic carbocycles. The molecule has 0 saturated carbocycles. The average Bonchev–Trinajstić information content (AvgIpc) is 3.25. The zero-order valence-electron chi connectivity index (χ0n) is 17.8. The summed E-state index contributed by atoms with van der Waals surface area (Å²) >= 11 is 0. The van der Waals surface area contributed by atoms with Crippen molar-refractivity contribution in [3.05, 3.63) is 107 Å². The number of benzene rings is 3. The fraction of sp³-hybridized carbons (Fsp3) is 0.115. The molecule has 1 aliphatic heterocycles. The smallest absolute Gasteiger partial charge is 0.228 e. The average molecular weight is 436 g/mol. The Morgan fingerprint density at radius 1 is 1.00 bits per heavy atom. The number of ether oxygens (including phenoxy) is 2. The minimum atomic E-state index is -0.259. The minimum Gasteiger partial charge on any atom is -0.508 e. The molecule has 1 unspecified atom stereocenters. The van der Waals surface area contributed by atoms with Crippen molar-refractivity contribution in [1.29, 1.82) is 0 Å². The van der Waals surface area contributed by atoms with E-state index in [9.17, 15) is 5.11 Å². The number of hydrogen-bond acceptors (Lipinski definition) is 6. The molecule has 7 heteroatoms. The Labute approximate surface area is 189 Å². The van der Waals surface area contributed by atoms with Gasteiger partial charge >= 0.3 is 0 Å². The fourth-order valence-electron chi connectivity index (χ4n) is 4.43. The zero-order valence-corrected chi connectivity index (χ0v) is 17.8. The van der Waals surface area contributed by atoms with Gasteiger partial charge in [-0.25, -0.2) is 14.5 Å². The van der Waals surface area contributed by atoms with Gasteiger partial charge in [-0.2, -0.15) is 0 Å². The molecule has 1 aliphatic rings. The van der Waals surface area contributed by atoms with Crippen LogP contribution in [0.1, 0.15) is 34.0 Å². The van der Waals surface area contributed by atoms with Gasteiger partial charge in [0.1, 0.15) is 23.6 Å². The normalized spacial score (nSPS) is 14.4. The van der Waals surface area contributed by atoms with E-state index in [1.165, 1.54) is 0 Å². The Bertz CT molecular complexity index is 1480. The molecule has 0 fully saturated rings. The molecule has 7 nitrogen and oxygen atoms in total. The standard InChI is InChI=1S/C26H20N4O3/c1-32-20-10-6-5-9-18(20)23-19-12-11-17(31)14-21(19)33-26-24(23)25-28-22(29-30(25)15-27-26)13-16-7-3-2-4-8-16/h2-12,14-15,23,31H,13H2,1H3. The number of methoxy groups -OCH3 is 1. The van der Waals surface area contributed by atoms with Crippen LogP contribution in [0.3, 0.4) is 0 Å². The van der Waals surface area contributed by atoms with Crippen molar-refractivity contribution in [2.45, 2.75) is 12.3 Å². The van der Waals surface area contributed by atoms with E-state index in [1.54, 1.807) is 30.1 Å². The van der Waals surface area contributed by atoms with Crippen LogP contribution in [0, 0.1) is 0 Å². The topological polar surface area (TPSA) is 81.8 Å². The third-order valence-electron chi connectivity index (χ3n) is 5.89. The fourth-order valence-corrected chi connectivity index (χ4v) is 4.43. The molecule has 6 rings (SSSR count). The maximum atomic E-state index is 10.1. The number of aromatic hydroxyl groups is 1. The Balaban J connectivity index is 1.57. The number of aromatic nitrogens is 4. The molecular formula is C26H20N4O3. The van der Waals surface area contributed by atoms with Gasteiger partial charge in [0.05, 0.1) is 18.6 Å². The van der Waals surface area contributed by atoms with Gasteiger partial charge in [-0.1, -0.05) is 54.6 Å². The van der Waals surface area contributed by atoms with Crippen LogP contribution in [0.5, 0.6) is 23.1 Å². The molecule has 0 radical (unpaired) electrons. The molecule has 33 heavy (non-hydrogen) atoms. The summed E-state index contributed by atoms with van der Waals surface area (Å²) < 4.78 is 13.5.